The van der Waals surface area contributed by atoms with E-state index in [9.17, 15) is 14.4 Å². The van der Waals surface area contributed by atoms with Crippen molar-refractivity contribution in [3.63, 3.8) is 0 Å². The van der Waals surface area contributed by atoms with Gasteiger partial charge in [-0.05, 0) is 76.2 Å². The van der Waals surface area contributed by atoms with Crippen LogP contribution in [0.15, 0.2) is 0 Å². The lowest BCUT2D eigenvalue weighted by atomic mass is 10.0. The van der Waals surface area contributed by atoms with Crippen LogP contribution < -0.4 is 0 Å². The van der Waals surface area contributed by atoms with Gasteiger partial charge in [0.2, 0.25) is 0 Å². The van der Waals surface area contributed by atoms with Gasteiger partial charge in [-0.1, -0.05) is 324 Å². The maximum atomic E-state index is 13.3. The molecular weight excluding hydrogens is 949 g/mol. The van der Waals surface area contributed by atoms with Gasteiger partial charge >= 0.3 is 11.9 Å². The van der Waals surface area contributed by atoms with Crippen LogP contribution in [0.4, 0.5) is 0 Å². The van der Waals surface area contributed by atoms with Crippen LogP contribution in [0.1, 0.15) is 413 Å². The topological polar surface area (TPSA) is 69.7 Å². The first-order valence-corrected chi connectivity index (χ1v) is 36.8. The van der Waals surface area contributed by atoms with Crippen LogP contribution in [0, 0.1) is 0 Å². The Morgan fingerprint density at radius 3 is 0.697 bits per heavy atom. The Morgan fingerprint density at radius 2 is 0.447 bits per heavy atom. The van der Waals surface area contributed by atoms with Crippen molar-refractivity contribution >= 4 is 26.9 Å². The molecule has 0 aliphatic heterocycles. The lowest BCUT2D eigenvalue weighted by Gasteiger charge is -2.19. The summed E-state index contributed by atoms with van der Waals surface area (Å²) in [4.78, 5) is 39.5. The summed E-state index contributed by atoms with van der Waals surface area (Å²) in [6.45, 7) is 11.4. The Balaban J connectivity index is 4.72. The van der Waals surface area contributed by atoms with Crippen LogP contribution in [0.25, 0.3) is 0 Å². The molecule has 5 nitrogen and oxygen atoms in total. The molecule has 0 N–H and O–H groups in total. The van der Waals surface area contributed by atoms with E-state index in [1.54, 1.807) is 0 Å². The maximum absolute atomic E-state index is 13.3. The molecule has 0 saturated heterocycles. The molecule has 0 amide bonds. The summed E-state index contributed by atoms with van der Waals surface area (Å²) >= 11 is 0. The molecule has 0 heterocycles. The van der Waals surface area contributed by atoms with Crippen LogP contribution in [0.5, 0.6) is 0 Å². The molecule has 0 aliphatic rings. The van der Waals surface area contributed by atoms with E-state index in [4.69, 9.17) is 9.47 Å². The van der Waals surface area contributed by atoms with Gasteiger partial charge in [-0.15, -0.1) is 0 Å². The standard InChI is InChI=1S/C70H138O5Si/c1-6-11-16-21-26-27-28-29-30-31-35-46-55-64-70(73)76-67(60-51-42-34-24-19-14-9-4)61-52-43-37-45-54-63-69(72)75-66(58-49-40-33-23-18-13-8-3)59-50-41-36-44-53-62-68(71)74-65(56-47-38-25-20-15-10-5)57-48-39-32-22-17-12-7-2/h65-67H,6-64,76H2,1-5H3. The second-order valence-electron chi connectivity index (χ2n) is 24.7. The first-order chi connectivity index (χ1) is 37.4. The number of unbranched alkanes of at least 4 members (excludes halogenated alkanes) is 43. The third kappa shape index (κ3) is 57.5. The molecule has 0 radical (unpaired) electrons. The van der Waals surface area contributed by atoms with Crippen LogP contribution >= 0.6 is 0 Å². The smallest absolute Gasteiger partial charge is 0.306 e. The molecule has 0 spiro atoms. The maximum Gasteiger partial charge on any atom is 0.306 e. The normalized spacial score (nSPS) is 13.0. The molecule has 76 heavy (non-hydrogen) atoms. The summed E-state index contributed by atoms with van der Waals surface area (Å²) in [5.74, 6) is 0.0271. The highest BCUT2D eigenvalue weighted by Crippen LogP contribution is 2.26. The zero-order valence-electron chi connectivity index (χ0n) is 52.7. The van der Waals surface area contributed by atoms with Crippen molar-refractivity contribution in [2.24, 2.45) is 0 Å². The SMILES string of the molecule is CCCCCCCCCCCCCCCC(=O)[SiH2]C(CCCCCCCCC)CCCCCCCC(=O)OC(CCCCCCCCC)CCCCCCCC(=O)OC(CCCCCCCC)CCCCCCCCC. The van der Waals surface area contributed by atoms with Crippen molar-refractivity contribution in [2.75, 3.05) is 0 Å². The highest BCUT2D eigenvalue weighted by atomic mass is 28.2. The second kappa shape index (κ2) is 63.0. The summed E-state index contributed by atoms with van der Waals surface area (Å²) < 4.78 is 12.3. The fourth-order valence-electron chi connectivity index (χ4n) is 11.7. The van der Waals surface area contributed by atoms with E-state index in [1.165, 1.54) is 276 Å². The summed E-state index contributed by atoms with van der Waals surface area (Å²) in [5.41, 5.74) is 0.693. The number of carbonyl (C=O) groups excluding carboxylic acids is 3. The molecule has 0 aromatic carbocycles. The van der Waals surface area contributed by atoms with Gasteiger partial charge in [-0.3, -0.25) is 9.59 Å². The van der Waals surface area contributed by atoms with Gasteiger partial charge in [0.25, 0.3) is 0 Å². The lowest BCUT2D eigenvalue weighted by Crippen LogP contribution is -2.18. The van der Waals surface area contributed by atoms with Crippen LogP contribution in [-0.2, 0) is 23.9 Å². The number of carbonyl (C=O) groups is 3. The predicted molar refractivity (Wildman–Crippen MR) is 338 cm³/mol. The Bertz CT molecular complexity index is 1170. The first-order valence-electron chi connectivity index (χ1n) is 35.3. The lowest BCUT2D eigenvalue weighted by molar-refractivity contribution is -0.151. The highest BCUT2D eigenvalue weighted by molar-refractivity contribution is 6.75. The van der Waals surface area contributed by atoms with Crippen molar-refractivity contribution in [3.05, 3.63) is 0 Å². The first kappa shape index (κ1) is 74.8. The Hall–Kier alpha value is -1.17. The molecule has 0 saturated carbocycles. The quantitative estimate of drug-likeness (QED) is 0.0345. The van der Waals surface area contributed by atoms with E-state index < -0.39 is 9.52 Å². The second-order valence-corrected chi connectivity index (χ2v) is 27.1. The summed E-state index contributed by atoms with van der Waals surface area (Å²) in [6, 6.07) is 0. The third-order valence-electron chi connectivity index (χ3n) is 16.9. The molecule has 0 aromatic heterocycles. The molecule has 452 valence electrons. The molecule has 0 aromatic rings. The number of rotatable bonds is 65. The van der Waals surface area contributed by atoms with Gasteiger partial charge in [0, 0.05) is 19.3 Å². The van der Waals surface area contributed by atoms with Crippen LogP contribution in [0.2, 0.25) is 5.54 Å². The minimum absolute atomic E-state index is 0.0102. The summed E-state index contributed by atoms with van der Waals surface area (Å²) in [5, 5.41) is 0.657. The average molecular weight is 1090 g/mol. The van der Waals surface area contributed by atoms with E-state index in [0.717, 1.165) is 89.9 Å². The Kier molecular flexibility index (Phi) is 62.0. The van der Waals surface area contributed by atoms with Crippen molar-refractivity contribution in [3.8, 4) is 0 Å². The molecule has 0 aliphatic carbocycles. The van der Waals surface area contributed by atoms with Crippen LogP contribution in [0.3, 0.4) is 0 Å². The average Bonchev–Trinajstić information content (AvgIpc) is 3.41. The molecule has 0 rings (SSSR count). The molecule has 3 atom stereocenters. The van der Waals surface area contributed by atoms with E-state index in [0.29, 0.717) is 23.8 Å². The van der Waals surface area contributed by atoms with Crippen molar-refractivity contribution in [2.45, 2.75) is 431 Å². The predicted octanol–water partition coefficient (Wildman–Crippen LogP) is 23.4. The van der Waals surface area contributed by atoms with E-state index in [2.05, 4.69) is 34.6 Å². The minimum atomic E-state index is -0.685. The Labute approximate surface area is 479 Å². The van der Waals surface area contributed by atoms with Gasteiger partial charge < -0.3 is 14.3 Å². The minimum Gasteiger partial charge on any atom is -0.462 e. The van der Waals surface area contributed by atoms with Gasteiger partial charge in [-0.2, -0.15) is 0 Å². The fraction of sp³-hybridized carbons (Fsp3) is 0.957. The van der Waals surface area contributed by atoms with Gasteiger partial charge in [-0.25, -0.2) is 0 Å². The number of ether oxygens (including phenoxy) is 2. The van der Waals surface area contributed by atoms with E-state index in [1.807, 2.05) is 0 Å². The van der Waals surface area contributed by atoms with Crippen molar-refractivity contribution in [1.29, 1.82) is 0 Å². The molecule has 3 unspecified atom stereocenters. The fourth-order valence-corrected chi connectivity index (χ4v) is 13.8. The molecule has 0 fully saturated rings. The van der Waals surface area contributed by atoms with E-state index >= 15 is 0 Å². The zero-order valence-corrected chi connectivity index (χ0v) is 54.1. The third-order valence-corrected chi connectivity index (χ3v) is 19.1. The Morgan fingerprint density at radius 1 is 0.250 bits per heavy atom. The van der Waals surface area contributed by atoms with Gasteiger partial charge in [0.1, 0.15) is 27.1 Å². The number of hydrogen-bond donors (Lipinski definition) is 0. The van der Waals surface area contributed by atoms with Gasteiger partial charge in [0.05, 0.1) is 0 Å². The summed E-state index contributed by atoms with van der Waals surface area (Å²) in [6.07, 6.45) is 72.5. The van der Waals surface area contributed by atoms with Crippen LogP contribution in [-0.4, -0.2) is 39.1 Å². The van der Waals surface area contributed by atoms with Gasteiger partial charge in [0.15, 0.2) is 0 Å². The molecule has 6 heteroatoms. The monoisotopic (exact) mass is 1090 g/mol. The zero-order chi connectivity index (χ0) is 55.3. The van der Waals surface area contributed by atoms with E-state index in [-0.39, 0.29) is 24.1 Å². The van der Waals surface area contributed by atoms with Crippen molar-refractivity contribution in [1.82, 2.24) is 0 Å². The largest absolute Gasteiger partial charge is 0.462 e. The number of hydrogen-bond acceptors (Lipinski definition) is 5. The van der Waals surface area contributed by atoms with Crippen molar-refractivity contribution < 1.29 is 23.9 Å². The molecular formula is C70H138O5Si. The molecule has 0 bridgehead atoms. The number of esters is 2. The highest BCUT2D eigenvalue weighted by Gasteiger charge is 2.18. The summed E-state index contributed by atoms with van der Waals surface area (Å²) in [7, 11) is -0.685.